The molecular weight excluding hydrogens is 204 g/mol. The van der Waals surface area contributed by atoms with E-state index in [-0.39, 0.29) is 0 Å². The molecule has 0 saturated heterocycles. The minimum atomic E-state index is 0.323. The van der Waals surface area contributed by atoms with E-state index in [1.807, 2.05) is 11.4 Å². The van der Waals surface area contributed by atoms with Crippen LogP contribution >= 0.6 is 22.9 Å². The number of thiophene rings is 1. The number of hydrogen-bond donors (Lipinski definition) is 0. The van der Waals surface area contributed by atoms with Crippen LogP contribution in [0.25, 0.3) is 10.2 Å². The van der Waals surface area contributed by atoms with Crippen molar-refractivity contribution in [2.45, 2.75) is 19.8 Å². The summed E-state index contributed by atoms with van der Waals surface area (Å²) in [4.78, 5) is 9.63. The largest absolute Gasteiger partial charge is 0.222 e. The Labute approximate surface area is 85.6 Å². The maximum atomic E-state index is 6.00. The Balaban J connectivity index is 2.70. The Bertz CT molecular complexity index is 436. The molecule has 0 atom stereocenters. The van der Waals surface area contributed by atoms with Crippen LogP contribution in [0.1, 0.15) is 25.6 Å². The van der Waals surface area contributed by atoms with Gasteiger partial charge in [0.1, 0.15) is 15.8 Å². The van der Waals surface area contributed by atoms with Gasteiger partial charge in [-0.25, -0.2) is 9.97 Å². The highest BCUT2D eigenvalue weighted by Gasteiger charge is 2.08. The summed E-state index contributed by atoms with van der Waals surface area (Å²) in [5, 5.41) is 3.50. The highest BCUT2D eigenvalue weighted by molar-refractivity contribution is 7.16. The zero-order chi connectivity index (χ0) is 9.42. The van der Waals surface area contributed by atoms with Gasteiger partial charge in [-0.05, 0) is 11.4 Å². The van der Waals surface area contributed by atoms with Gasteiger partial charge in [-0.15, -0.1) is 11.3 Å². The molecule has 0 radical (unpaired) electrons. The van der Waals surface area contributed by atoms with Crippen molar-refractivity contribution in [2.24, 2.45) is 0 Å². The summed E-state index contributed by atoms with van der Waals surface area (Å²) in [5.41, 5.74) is 0. The summed E-state index contributed by atoms with van der Waals surface area (Å²) in [6, 6.07) is 1.95. The van der Waals surface area contributed by atoms with Gasteiger partial charge < -0.3 is 0 Å². The van der Waals surface area contributed by atoms with Crippen LogP contribution in [0.3, 0.4) is 0 Å². The van der Waals surface area contributed by atoms with E-state index in [2.05, 4.69) is 23.8 Å². The maximum absolute atomic E-state index is 6.00. The fraction of sp³-hybridized carbons (Fsp3) is 0.333. The molecule has 2 nitrogen and oxygen atoms in total. The number of fused-ring (bicyclic) bond motifs is 1. The van der Waals surface area contributed by atoms with Crippen molar-refractivity contribution in [3.8, 4) is 0 Å². The molecule has 0 aromatic carbocycles. The lowest BCUT2D eigenvalue weighted by atomic mass is 10.2. The highest BCUT2D eigenvalue weighted by atomic mass is 35.5. The third-order valence-electron chi connectivity index (χ3n) is 1.81. The van der Waals surface area contributed by atoms with Gasteiger partial charge in [-0.3, -0.25) is 0 Å². The van der Waals surface area contributed by atoms with Gasteiger partial charge in [0.15, 0.2) is 0 Å². The van der Waals surface area contributed by atoms with Crippen molar-refractivity contribution in [1.29, 1.82) is 0 Å². The molecular formula is C9H9ClN2S. The minimum Gasteiger partial charge on any atom is -0.222 e. The van der Waals surface area contributed by atoms with Gasteiger partial charge in [0, 0.05) is 11.3 Å². The second-order valence-electron chi connectivity index (χ2n) is 3.17. The molecule has 0 aliphatic heterocycles. The Morgan fingerprint density at radius 3 is 2.85 bits per heavy atom. The zero-order valence-corrected chi connectivity index (χ0v) is 8.99. The normalized spacial score (nSPS) is 11.4. The van der Waals surface area contributed by atoms with Crippen molar-refractivity contribution >= 4 is 33.2 Å². The van der Waals surface area contributed by atoms with Gasteiger partial charge in [-0.1, -0.05) is 25.4 Å². The molecule has 0 amide bonds. The Kier molecular flexibility index (Phi) is 2.22. The monoisotopic (exact) mass is 212 g/mol. The van der Waals surface area contributed by atoms with Crippen LogP contribution in [0, 0.1) is 0 Å². The molecule has 2 rings (SSSR count). The third-order valence-corrected chi connectivity index (χ3v) is 2.91. The molecule has 4 heteroatoms. The molecule has 2 aromatic rings. The van der Waals surface area contributed by atoms with Crippen LogP contribution in [-0.4, -0.2) is 9.97 Å². The summed E-state index contributed by atoms with van der Waals surface area (Å²) < 4.78 is 0. The fourth-order valence-corrected chi connectivity index (χ4v) is 2.16. The Morgan fingerprint density at radius 1 is 1.38 bits per heavy atom. The van der Waals surface area contributed by atoms with E-state index in [9.17, 15) is 0 Å². The van der Waals surface area contributed by atoms with Crippen molar-refractivity contribution in [1.82, 2.24) is 9.97 Å². The molecule has 0 aliphatic carbocycles. The van der Waals surface area contributed by atoms with E-state index in [1.165, 1.54) is 0 Å². The molecule has 13 heavy (non-hydrogen) atoms. The third kappa shape index (κ3) is 1.54. The second kappa shape index (κ2) is 3.24. The highest BCUT2D eigenvalue weighted by Crippen LogP contribution is 2.26. The van der Waals surface area contributed by atoms with Gasteiger partial charge in [0.25, 0.3) is 0 Å². The lowest BCUT2D eigenvalue weighted by molar-refractivity contribution is 0.784. The molecule has 68 valence electrons. The fourth-order valence-electron chi connectivity index (χ4n) is 1.09. The number of nitrogens with zero attached hydrogens (tertiary/aromatic N) is 2. The topological polar surface area (TPSA) is 25.8 Å². The first-order chi connectivity index (χ1) is 6.18. The molecule has 2 heterocycles. The van der Waals surface area contributed by atoms with Crippen molar-refractivity contribution in [2.75, 3.05) is 0 Å². The smallest absolute Gasteiger partial charge is 0.141 e. The predicted molar refractivity (Wildman–Crippen MR) is 56.5 cm³/mol. The molecule has 2 aromatic heterocycles. The van der Waals surface area contributed by atoms with Gasteiger partial charge in [0.05, 0.1) is 0 Å². The molecule has 0 aliphatic rings. The first-order valence-corrected chi connectivity index (χ1v) is 5.35. The number of rotatable bonds is 1. The second-order valence-corrected chi connectivity index (χ2v) is 4.42. The van der Waals surface area contributed by atoms with Crippen molar-refractivity contribution < 1.29 is 0 Å². The number of aromatic nitrogens is 2. The van der Waals surface area contributed by atoms with Crippen LogP contribution < -0.4 is 0 Å². The zero-order valence-electron chi connectivity index (χ0n) is 7.41. The van der Waals surface area contributed by atoms with E-state index in [4.69, 9.17) is 11.6 Å². The molecule has 0 N–H and O–H groups in total. The van der Waals surface area contributed by atoms with Gasteiger partial charge in [-0.2, -0.15) is 0 Å². The summed E-state index contributed by atoms with van der Waals surface area (Å²) in [6.45, 7) is 4.12. The summed E-state index contributed by atoms with van der Waals surface area (Å²) >= 11 is 7.60. The molecule has 0 bridgehead atoms. The Morgan fingerprint density at radius 2 is 2.15 bits per heavy atom. The summed E-state index contributed by atoms with van der Waals surface area (Å²) in [7, 11) is 0. The van der Waals surface area contributed by atoms with Crippen LogP contribution in [0.5, 0.6) is 0 Å². The summed E-state index contributed by atoms with van der Waals surface area (Å²) in [5.74, 6) is 1.14. The lowest BCUT2D eigenvalue weighted by Gasteiger charge is -2.03. The average Bonchev–Trinajstić information content (AvgIpc) is 2.51. The minimum absolute atomic E-state index is 0.323. The first kappa shape index (κ1) is 8.91. The predicted octanol–water partition coefficient (Wildman–Crippen LogP) is 3.47. The van der Waals surface area contributed by atoms with Gasteiger partial charge >= 0.3 is 0 Å². The quantitative estimate of drug-likeness (QED) is 0.677. The average molecular weight is 213 g/mol. The SMILES string of the molecule is CC(C)c1nc(Cl)c2ccsc2n1. The van der Waals surface area contributed by atoms with E-state index in [1.54, 1.807) is 11.3 Å². The van der Waals surface area contributed by atoms with Gasteiger partial charge in [0.2, 0.25) is 0 Å². The molecule has 0 unspecified atom stereocenters. The van der Waals surface area contributed by atoms with Crippen LogP contribution in [0.15, 0.2) is 11.4 Å². The van der Waals surface area contributed by atoms with E-state index in [0.717, 1.165) is 16.0 Å². The molecule has 0 saturated carbocycles. The Hall–Kier alpha value is -0.670. The molecule has 0 fully saturated rings. The van der Waals surface area contributed by atoms with E-state index < -0.39 is 0 Å². The maximum Gasteiger partial charge on any atom is 0.141 e. The number of hydrogen-bond acceptors (Lipinski definition) is 3. The first-order valence-electron chi connectivity index (χ1n) is 4.09. The summed E-state index contributed by atoms with van der Waals surface area (Å²) in [6.07, 6.45) is 0. The van der Waals surface area contributed by atoms with Crippen molar-refractivity contribution in [3.05, 3.63) is 22.4 Å². The van der Waals surface area contributed by atoms with Crippen LogP contribution in [0.2, 0.25) is 5.15 Å². The van der Waals surface area contributed by atoms with Crippen molar-refractivity contribution in [3.63, 3.8) is 0 Å². The van der Waals surface area contributed by atoms with Crippen LogP contribution in [-0.2, 0) is 0 Å². The standard InChI is InChI=1S/C9H9ClN2S/c1-5(2)8-11-7(10)6-3-4-13-9(6)12-8/h3-5H,1-2H3. The van der Waals surface area contributed by atoms with E-state index in [0.29, 0.717) is 11.1 Å². The van der Waals surface area contributed by atoms with Crippen LogP contribution in [0.4, 0.5) is 0 Å². The lowest BCUT2D eigenvalue weighted by Crippen LogP contribution is -1.96. The van der Waals surface area contributed by atoms with E-state index >= 15 is 0 Å². The molecule has 0 spiro atoms. The number of halogens is 1.